The van der Waals surface area contributed by atoms with Crippen molar-refractivity contribution in [3.63, 3.8) is 0 Å². The van der Waals surface area contributed by atoms with Crippen LogP contribution in [0.1, 0.15) is 52.3 Å². The van der Waals surface area contributed by atoms with Gasteiger partial charge in [-0.1, -0.05) is 25.9 Å². The molecular weight excluding hydrogens is 288 g/mol. The van der Waals surface area contributed by atoms with Crippen LogP contribution in [0.25, 0.3) is 0 Å². The molecule has 1 aromatic rings. The minimum absolute atomic E-state index is 0.0461. The second-order valence-corrected chi connectivity index (χ2v) is 6.48. The number of hydrogen-bond acceptors (Lipinski definition) is 7. The van der Waals surface area contributed by atoms with Crippen LogP contribution in [0.2, 0.25) is 0 Å². The Kier molecular flexibility index (Phi) is 5.52. The molecule has 0 amide bonds. The molecule has 1 aliphatic heterocycles. The third-order valence-electron chi connectivity index (χ3n) is 3.36. The van der Waals surface area contributed by atoms with Gasteiger partial charge in [-0.05, 0) is 19.8 Å². The van der Waals surface area contributed by atoms with Crippen LogP contribution < -0.4 is 0 Å². The number of hydrogen-bond donors (Lipinski definition) is 0. The molecule has 1 aliphatic rings. The highest BCUT2D eigenvalue weighted by atomic mass is 16.6. The fraction of sp³-hybridized carbons (Fsp3) is 0.800. The van der Waals surface area contributed by atoms with Gasteiger partial charge in [-0.3, -0.25) is 0 Å². The largest absolute Gasteiger partial charge is 0.454 e. The molecule has 124 valence electrons. The van der Waals surface area contributed by atoms with Crippen molar-refractivity contribution in [2.45, 2.75) is 64.8 Å². The van der Waals surface area contributed by atoms with Gasteiger partial charge in [0.1, 0.15) is 0 Å². The van der Waals surface area contributed by atoms with Gasteiger partial charge in [0, 0.05) is 12.0 Å². The van der Waals surface area contributed by atoms with Gasteiger partial charge >= 0.3 is 5.97 Å². The lowest BCUT2D eigenvalue weighted by molar-refractivity contribution is -0.160. The van der Waals surface area contributed by atoms with E-state index in [1.165, 1.54) is 0 Å². The summed E-state index contributed by atoms with van der Waals surface area (Å²) >= 11 is 0. The maximum Gasteiger partial charge on any atom is 0.335 e. The maximum absolute atomic E-state index is 11.8. The van der Waals surface area contributed by atoms with Crippen LogP contribution in [-0.4, -0.2) is 41.5 Å². The van der Waals surface area contributed by atoms with Crippen molar-refractivity contribution in [3.8, 4) is 0 Å². The zero-order chi connectivity index (χ0) is 16.2. The summed E-state index contributed by atoms with van der Waals surface area (Å²) in [5, 5.41) is 3.87. The predicted molar refractivity (Wildman–Crippen MR) is 77.2 cm³/mol. The summed E-state index contributed by atoms with van der Waals surface area (Å²) in [5.74, 6) is 0.416. The van der Waals surface area contributed by atoms with Crippen molar-refractivity contribution >= 4 is 5.97 Å². The first kappa shape index (κ1) is 16.9. The number of carbonyl (C=O) groups excluding carboxylic acids is 1. The topological polar surface area (TPSA) is 83.7 Å². The highest BCUT2D eigenvalue weighted by Gasteiger charge is 2.23. The molecule has 2 heterocycles. The number of carbonyl (C=O) groups is 1. The third-order valence-corrected chi connectivity index (χ3v) is 3.36. The van der Waals surface area contributed by atoms with E-state index in [4.69, 9.17) is 18.7 Å². The van der Waals surface area contributed by atoms with Gasteiger partial charge in [-0.2, -0.15) is 4.98 Å². The Morgan fingerprint density at radius 1 is 1.45 bits per heavy atom. The summed E-state index contributed by atoms with van der Waals surface area (Å²) in [5.41, 5.74) is -0.205. The van der Waals surface area contributed by atoms with E-state index in [1.807, 2.05) is 20.8 Å². The standard InChI is InChI=1S/C15H24N2O5/c1-10(20-8-11-6-5-7-19-11)13(18)21-9-12-16-14(17-22-12)15(2,3)4/h10-11H,5-9H2,1-4H3. The molecule has 1 saturated heterocycles. The minimum Gasteiger partial charge on any atom is -0.454 e. The lowest BCUT2D eigenvalue weighted by Gasteiger charge is -2.14. The molecule has 1 aromatic heterocycles. The minimum atomic E-state index is -0.644. The first-order valence-electron chi connectivity index (χ1n) is 7.59. The van der Waals surface area contributed by atoms with Crippen LogP contribution in [0.5, 0.6) is 0 Å². The third kappa shape index (κ3) is 4.78. The highest BCUT2D eigenvalue weighted by Crippen LogP contribution is 2.18. The van der Waals surface area contributed by atoms with E-state index in [2.05, 4.69) is 10.1 Å². The summed E-state index contributed by atoms with van der Waals surface area (Å²) in [6.45, 7) is 8.73. The first-order chi connectivity index (χ1) is 10.4. The fourth-order valence-electron chi connectivity index (χ4n) is 1.96. The van der Waals surface area contributed by atoms with Crippen molar-refractivity contribution in [1.82, 2.24) is 10.1 Å². The molecule has 0 spiro atoms. The van der Waals surface area contributed by atoms with Gasteiger partial charge < -0.3 is 18.7 Å². The number of nitrogens with zero attached hydrogens (tertiary/aromatic N) is 2. The zero-order valence-electron chi connectivity index (χ0n) is 13.6. The molecule has 7 nitrogen and oxygen atoms in total. The van der Waals surface area contributed by atoms with Gasteiger partial charge in [0.05, 0.1) is 12.7 Å². The van der Waals surface area contributed by atoms with Gasteiger partial charge in [0.25, 0.3) is 5.89 Å². The average Bonchev–Trinajstić information content (AvgIpc) is 3.12. The first-order valence-corrected chi connectivity index (χ1v) is 7.59. The Morgan fingerprint density at radius 2 is 2.23 bits per heavy atom. The molecule has 1 fully saturated rings. The normalized spacial score (nSPS) is 20.1. The van der Waals surface area contributed by atoms with E-state index < -0.39 is 12.1 Å². The van der Waals surface area contributed by atoms with Crippen LogP contribution in [-0.2, 0) is 31.0 Å². The van der Waals surface area contributed by atoms with Crippen LogP contribution in [0.4, 0.5) is 0 Å². The summed E-state index contributed by atoms with van der Waals surface area (Å²) in [6.07, 6.45) is 1.45. The Morgan fingerprint density at radius 3 is 2.82 bits per heavy atom. The van der Waals surface area contributed by atoms with E-state index in [0.29, 0.717) is 12.4 Å². The molecule has 2 rings (SSSR count). The Hall–Kier alpha value is -1.47. The van der Waals surface area contributed by atoms with E-state index >= 15 is 0 Å². The zero-order valence-corrected chi connectivity index (χ0v) is 13.6. The molecule has 22 heavy (non-hydrogen) atoms. The second-order valence-electron chi connectivity index (χ2n) is 6.48. The van der Waals surface area contributed by atoms with Gasteiger partial charge in [-0.25, -0.2) is 4.79 Å². The maximum atomic E-state index is 11.8. The SMILES string of the molecule is CC(OCC1CCCO1)C(=O)OCc1nc(C(C)(C)C)no1. The van der Waals surface area contributed by atoms with E-state index in [9.17, 15) is 4.79 Å². The quantitative estimate of drug-likeness (QED) is 0.743. The predicted octanol–water partition coefficient (Wildman–Crippen LogP) is 1.99. The van der Waals surface area contributed by atoms with Crippen LogP contribution in [0, 0.1) is 0 Å². The Bertz CT molecular complexity index is 488. The van der Waals surface area contributed by atoms with Gasteiger partial charge in [0.15, 0.2) is 18.5 Å². The number of aromatic nitrogens is 2. The number of ether oxygens (including phenoxy) is 3. The molecule has 2 atom stereocenters. The lowest BCUT2D eigenvalue weighted by Crippen LogP contribution is -2.27. The van der Waals surface area contributed by atoms with Crippen molar-refractivity contribution in [3.05, 3.63) is 11.7 Å². The van der Waals surface area contributed by atoms with Crippen molar-refractivity contribution < 1.29 is 23.5 Å². The van der Waals surface area contributed by atoms with Crippen molar-refractivity contribution in [2.24, 2.45) is 0 Å². The van der Waals surface area contributed by atoms with Gasteiger partial charge in [-0.15, -0.1) is 0 Å². The summed E-state index contributed by atoms with van der Waals surface area (Å²) in [7, 11) is 0. The Labute approximate surface area is 130 Å². The molecule has 0 bridgehead atoms. The van der Waals surface area contributed by atoms with Crippen molar-refractivity contribution in [2.75, 3.05) is 13.2 Å². The van der Waals surface area contributed by atoms with E-state index in [0.717, 1.165) is 19.4 Å². The average molecular weight is 312 g/mol. The Balaban J connectivity index is 1.73. The second kappa shape index (κ2) is 7.19. The number of rotatable bonds is 6. The summed E-state index contributed by atoms with van der Waals surface area (Å²) in [6, 6.07) is 0. The summed E-state index contributed by atoms with van der Waals surface area (Å²) < 4.78 is 21.1. The molecule has 0 aromatic carbocycles. The summed E-state index contributed by atoms with van der Waals surface area (Å²) in [4.78, 5) is 16.1. The van der Waals surface area contributed by atoms with E-state index in [-0.39, 0.29) is 24.0 Å². The number of esters is 1. The monoisotopic (exact) mass is 312 g/mol. The van der Waals surface area contributed by atoms with Gasteiger partial charge in [0.2, 0.25) is 0 Å². The van der Waals surface area contributed by atoms with Crippen LogP contribution in [0.15, 0.2) is 4.52 Å². The molecule has 0 aliphatic carbocycles. The molecule has 2 unspecified atom stereocenters. The lowest BCUT2D eigenvalue weighted by atomic mass is 9.96. The van der Waals surface area contributed by atoms with Crippen LogP contribution in [0.3, 0.4) is 0 Å². The van der Waals surface area contributed by atoms with E-state index in [1.54, 1.807) is 6.92 Å². The molecule has 7 heteroatoms. The molecule has 0 N–H and O–H groups in total. The molecule has 0 saturated carbocycles. The smallest absolute Gasteiger partial charge is 0.335 e. The van der Waals surface area contributed by atoms with Crippen molar-refractivity contribution in [1.29, 1.82) is 0 Å². The molecule has 0 radical (unpaired) electrons. The van der Waals surface area contributed by atoms with Crippen LogP contribution >= 0.6 is 0 Å². The molecular formula is C15H24N2O5. The fourth-order valence-corrected chi connectivity index (χ4v) is 1.96. The highest BCUT2D eigenvalue weighted by molar-refractivity contribution is 5.74.